The Morgan fingerprint density at radius 2 is 1.80 bits per heavy atom. The number of nitrogens with zero attached hydrogens (tertiary/aromatic N) is 4. The molecule has 1 aliphatic rings. The number of hydrogen-bond acceptors (Lipinski definition) is 4. The SMILES string of the molecule is Cn1c(=O)cc(C(=O)N2CCCN(c3nc4ccccc4[nH]3)CC2)c2ccccc21. The molecule has 0 radical (unpaired) electrons. The van der Waals surface area contributed by atoms with Crippen LogP contribution in [-0.4, -0.2) is 51.5 Å². The number of pyridine rings is 1. The van der Waals surface area contributed by atoms with E-state index in [-0.39, 0.29) is 11.5 Å². The van der Waals surface area contributed by atoms with Gasteiger partial charge in [-0.25, -0.2) is 4.98 Å². The normalized spacial score (nSPS) is 15.0. The van der Waals surface area contributed by atoms with E-state index in [1.54, 1.807) is 11.6 Å². The number of fused-ring (bicyclic) bond motifs is 2. The van der Waals surface area contributed by atoms with Gasteiger partial charge in [0.2, 0.25) is 5.95 Å². The Hall–Kier alpha value is -3.61. The van der Waals surface area contributed by atoms with E-state index >= 15 is 0 Å². The van der Waals surface area contributed by atoms with Gasteiger partial charge in [-0.2, -0.15) is 0 Å². The molecule has 152 valence electrons. The van der Waals surface area contributed by atoms with Crippen LogP contribution in [0.15, 0.2) is 59.4 Å². The van der Waals surface area contributed by atoms with Gasteiger partial charge < -0.3 is 19.4 Å². The number of aromatic amines is 1. The van der Waals surface area contributed by atoms with Crippen molar-refractivity contribution >= 4 is 33.8 Å². The number of H-pyrrole nitrogens is 1. The molecule has 0 spiro atoms. The molecule has 3 heterocycles. The smallest absolute Gasteiger partial charge is 0.254 e. The van der Waals surface area contributed by atoms with Crippen molar-refractivity contribution in [3.63, 3.8) is 0 Å². The highest BCUT2D eigenvalue weighted by molar-refractivity contribution is 6.06. The fourth-order valence-corrected chi connectivity index (χ4v) is 4.18. The Morgan fingerprint density at radius 1 is 1.00 bits per heavy atom. The molecule has 0 bridgehead atoms. The zero-order valence-corrected chi connectivity index (χ0v) is 16.8. The summed E-state index contributed by atoms with van der Waals surface area (Å²) < 4.78 is 1.58. The summed E-state index contributed by atoms with van der Waals surface area (Å²) >= 11 is 0. The summed E-state index contributed by atoms with van der Waals surface area (Å²) in [4.78, 5) is 37.9. The van der Waals surface area contributed by atoms with Crippen LogP contribution >= 0.6 is 0 Å². The number of hydrogen-bond donors (Lipinski definition) is 1. The number of aromatic nitrogens is 3. The molecular weight excluding hydrogens is 378 g/mol. The number of nitrogens with one attached hydrogen (secondary N) is 1. The van der Waals surface area contributed by atoms with Gasteiger partial charge in [0.15, 0.2) is 0 Å². The van der Waals surface area contributed by atoms with Crippen molar-refractivity contribution in [1.82, 2.24) is 19.4 Å². The van der Waals surface area contributed by atoms with Crippen LogP contribution in [0.25, 0.3) is 21.9 Å². The average Bonchev–Trinajstić information content (AvgIpc) is 3.05. The summed E-state index contributed by atoms with van der Waals surface area (Å²) in [5.74, 6) is 0.750. The second-order valence-corrected chi connectivity index (χ2v) is 7.68. The highest BCUT2D eigenvalue weighted by Crippen LogP contribution is 2.21. The number of benzene rings is 2. The van der Waals surface area contributed by atoms with Gasteiger partial charge in [-0.05, 0) is 24.6 Å². The minimum atomic E-state index is -0.171. The lowest BCUT2D eigenvalue weighted by Crippen LogP contribution is -2.36. The van der Waals surface area contributed by atoms with E-state index in [4.69, 9.17) is 4.98 Å². The van der Waals surface area contributed by atoms with Gasteiger partial charge in [-0.3, -0.25) is 9.59 Å². The first kappa shape index (κ1) is 18.4. The first-order valence-corrected chi connectivity index (χ1v) is 10.2. The highest BCUT2D eigenvalue weighted by atomic mass is 16.2. The van der Waals surface area contributed by atoms with Crippen LogP contribution in [0.4, 0.5) is 5.95 Å². The molecule has 7 nitrogen and oxygen atoms in total. The maximum Gasteiger partial charge on any atom is 0.254 e. The summed E-state index contributed by atoms with van der Waals surface area (Å²) in [5, 5.41) is 0.808. The first-order chi connectivity index (χ1) is 14.6. The van der Waals surface area contributed by atoms with Crippen molar-refractivity contribution < 1.29 is 4.79 Å². The van der Waals surface area contributed by atoms with Crippen LogP contribution in [0.2, 0.25) is 0 Å². The topological polar surface area (TPSA) is 74.2 Å². The minimum absolute atomic E-state index is 0.0876. The van der Waals surface area contributed by atoms with Gasteiger partial charge in [-0.15, -0.1) is 0 Å². The summed E-state index contributed by atoms with van der Waals surface area (Å²) in [6, 6.07) is 17.0. The highest BCUT2D eigenvalue weighted by Gasteiger charge is 2.24. The lowest BCUT2D eigenvalue weighted by molar-refractivity contribution is 0.0768. The molecule has 0 saturated carbocycles. The number of anilines is 1. The number of rotatable bonds is 2. The van der Waals surface area contributed by atoms with Crippen molar-refractivity contribution in [3.8, 4) is 0 Å². The van der Waals surface area contributed by atoms with Crippen molar-refractivity contribution in [2.45, 2.75) is 6.42 Å². The van der Waals surface area contributed by atoms with Gasteiger partial charge in [0.25, 0.3) is 11.5 Å². The summed E-state index contributed by atoms with van der Waals surface area (Å²) in [6.45, 7) is 2.74. The van der Waals surface area contributed by atoms with E-state index in [9.17, 15) is 9.59 Å². The molecule has 1 aliphatic heterocycles. The molecule has 7 heteroatoms. The predicted molar refractivity (Wildman–Crippen MR) is 118 cm³/mol. The molecule has 0 atom stereocenters. The molecule has 5 rings (SSSR count). The standard InChI is InChI=1S/C23H23N5O2/c1-26-20-10-5-2-7-16(20)17(15-21(26)29)22(30)27-11-6-12-28(14-13-27)23-24-18-8-3-4-9-19(18)25-23/h2-5,7-10,15H,6,11-14H2,1H3,(H,24,25). The second kappa shape index (κ2) is 7.33. The van der Waals surface area contributed by atoms with Crippen molar-refractivity contribution in [2.24, 2.45) is 7.05 Å². The second-order valence-electron chi connectivity index (χ2n) is 7.68. The largest absolute Gasteiger partial charge is 0.341 e. The average molecular weight is 401 g/mol. The summed E-state index contributed by atoms with van der Waals surface area (Å²) in [6.07, 6.45) is 0.839. The molecule has 30 heavy (non-hydrogen) atoms. The third-order valence-electron chi connectivity index (χ3n) is 5.84. The number of amides is 1. The van der Waals surface area contributed by atoms with Crippen molar-refractivity contribution in [3.05, 3.63) is 70.5 Å². The fourth-order valence-electron chi connectivity index (χ4n) is 4.18. The number of aryl methyl sites for hydroxylation is 1. The molecule has 1 amide bonds. The maximum atomic E-state index is 13.3. The number of para-hydroxylation sites is 3. The van der Waals surface area contributed by atoms with Gasteiger partial charge in [0.1, 0.15) is 0 Å². The van der Waals surface area contributed by atoms with Gasteiger partial charge in [0.05, 0.1) is 22.1 Å². The molecule has 0 aliphatic carbocycles. The van der Waals surface area contributed by atoms with Gasteiger partial charge >= 0.3 is 0 Å². The van der Waals surface area contributed by atoms with Crippen LogP contribution in [0, 0.1) is 0 Å². The minimum Gasteiger partial charge on any atom is -0.341 e. The van der Waals surface area contributed by atoms with Crippen LogP contribution in [-0.2, 0) is 7.05 Å². The fraction of sp³-hybridized carbons (Fsp3) is 0.261. The van der Waals surface area contributed by atoms with E-state index in [0.717, 1.165) is 40.9 Å². The van der Waals surface area contributed by atoms with Crippen LogP contribution < -0.4 is 10.5 Å². The lowest BCUT2D eigenvalue weighted by Gasteiger charge is -2.22. The van der Waals surface area contributed by atoms with Crippen LogP contribution in [0.3, 0.4) is 0 Å². The van der Waals surface area contributed by atoms with E-state index in [1.165, 1.54) is 6.07 Å². The quantitative estimate of drug-likeness (QED) is 0.561. The predicted octanol–water partition coefficient (Wildman–Crippen LogP) is 2.77. The monoisotopic (exact) mass is 401 g/mol. The van der Waals surface area contributed by atoms with Crippen molar-refractivity contribution in [1.29, 1.82) is 0 Å². The maximum absolute atomic E-state index is 13.3. The molecule has 1 N–H and O–H groups in total. The number of imidazole rings is 1. The Morgan fingerprint density at radius 3 is 2.67 bits per heavy atom. The van der Waals surface area contributed by atoms with Crippen LogP contribution in [0.1, 0.15) is 16.8 Å². The Bertz CT molecular complexity index is 1270. The third kappa shape index (κ3) is 3.12. The molecule has 1 fully saturated rings. The zero-order chi connectivity index (χ0) is 20.7. The Labute approximate surface area is 173 Å². The summed E-state index contributed by atoms with van der Waals surface area (Å²) in [5.41, 5.74) is 3.03. The Kier molecular flexibility index (Phi) is 4.50. The van der Waals surface area contributed by atoms with E-state index in [1.807, 2.05) is 53.4 Å². The number of carbonyl (C=O) groups excluding carboxylic acids is 1. The summed E-state index contributed by atoms with van der Waals surface area (Å²) in [7, 11) is 1.73. The molecule has 0 unspecified atom stereocenters. The third-order valence-corrected chi connectivity index (χ3v) is 5.84. The van der Waals surface area contributed by atoms with Gasteiger partial charge in [-0.1, -0.05) is 30.3 Å². The zero-order valence-electron chi connectivity index (χ0n) is 16.8. The van der Waals surface area contributed by atoms with Crippen molar-refractivity contribution in [2.75, 3.05) is 31.1 Å². The first-order valence-electron chi connectivity index (χ1n) is 10.2. The molecule has 4 aromatic rings. The molecule has 2 aromatic heterocycles. The van der Waals surface area contributed by atoms with E-state index in [2.05, 4.69) is 9.88 Å². The Balaban J connectivity index is 1.41. The molecule has 2 aromatic carbocycles. The molecule has 1 saturated heterocycles. The lowest BCUT2D eigenvalue weighted by atomic mass is 10.1. The number of carbonyl (C=O) groups is 1. The van der Waals surface area contributed by atoms with E-state index in [0.29, 0.717) is 25.2 Å². The molecular formula is C23H23N5O2. The van der Waals surface area contributed by atoms with E-state index < -0.39 is 0 Å². The van der Waals surface area contributed by atoms with Crippen LogP contribution in [0.5, 0.6) is 0 Å². The van der Waals surface area contributed by atoms with Gasteiger partial charge in [0, 0.05) is 44.7 Å².